The second-order valence-corrected chi connectivity index (χ2v) is 4.67. The van der Waals surface area contributed by atoms with E-state index in [1.165, 1.54) is 0 Å². The zero-order valence-electron chi connectivity index (χ0n) is 7.28. The summed E-state index contributed by atoms with van der Waals surface area (Å²) in [4.78, 5) is 17.2. The first-order chi connectivity index (χ1) is 6.66. The fourth-order valence-electron chi connectivity index (χ4n) is 1.43. The van der Waals surface area contributed by atoms with E-state index in [9.17, 15) is 4.79 Å². The zero-order chi connectivity index (χ0) is 10.1. The van der Waals surface area contributed by atoms with Crippen molar-refractivity contribution < 1.29 is 4.79 Å². The summed E-state index contributed by atoms with van der Waals surface area (Å²) in [6.45, 7) is 0.545. The van der Waals surface area contributed by atoms with Crippen molar-refractivity contribution in [2.45, 2.75) is 11.8 Å². The Morgan fingerprint density at radius 1 is 1.64 bits per heavy atom. The molecule has 1 aromatic rings. The molecule has 74 valence electrons. The number of hydrogen-bond acceptors (Lipinski definition) is 2. The Kier molecular flexibility index (Phi) is 2.74. The molecule has 3 nitrogen and oxygen atoms in total. The molecule has 2 rings (SSSR count). The molecular formula is C9H8BrClN2O. The van der Waals surface area contributed by atoms with Gasteiger partial charge in [-0.3, -0.25) is 9.69 Å². The number of nitrogens with zero attached hydrogens (tertiary/aromatic N) is 2. The van der Waals surface area contributed by atoms with Gasteiger partial charge in [0, 0.05) is 23.6 Å². The number of pyridine rings is 1. The van der Waals surface area contributed by atoms with Gasteiger partial charge in [-0.15, -0.1) is 11.6 Å². The lowest BCUT2D eigenvalue weighted by Crippen LogP contribution is -2.25. The Bertz CT molecular complexity index is 372. The van der Waals surface area contributed by atoms with Crippen LogP contribution in [0.4, 0.5) is 5.82 Å². The molecule has 0 saturated carbocycles. The van der Waals surface area contributed by atoms with Crippen LogP contribution >= 0.6 is 27.5 Å². The van der Waals surface area contributed by atoms with Gasteiger partial charge in [0.25, 0.3) is 0 Å². The molecule has 14 heavy (non-hydrogen) atoms. The minimum Gasteiger partial charge on any atom is -0.295 e. The smallest absolute Gasteiger partial charge is 0.229 e. The number of carbonyl (C=O) groups is 1. The maximum absolute atomic E-state index is 11.5. The molecule has 1 amide bonds. The van der Waals surface area contributed by atoms with Crippen molar-refractivity contribution in [1.29, 1.82) is 0 Å². The zero-order valence-corrected chi connectivity index (χ0v) is 9.62. The second-order valence-electron chi connectivity index (χ2n) is 3.14. The summed E-state index contributed by atoms with van der Waals surface area (Å²) in [5.41, 5.74) is 0. The summed E-state index contributed by atoms with van der Waals surface area (Å²) in [7, 11) is 0. The molecule has 0 bridgehead atoms. The van der Waals surface area contributed by atoms with Gasteiger partial charge in [0.2, 0.25) is 5.91 Å². The SMILES string of the molecule is O=C1CC(Cl)CN1c1cc(Br)ccn1. The lowest BCUT2D eigenvalue weighted by Gasteiger charge is -2.14. The lowest BCUT2D eigenvalue weighted by molar-refractivity contribution is -0.117. The maximum Gasteiger partial charge on any atom is 0.229 e. The Hall–Kier alpha value is -0.610. The molecule has 1 atom stereocenters. The van der Waals surface area contributed by atoms with Crippen LogP contribution in [0, 0.1) is 0 Å². The third kappa shape index (κ3) is 1.91. The Balaban J connectivity index is 2.27. The van der Waals surface area contributed by atoms with E-state index in [0.717, 1.165) is 4.47 Å². The monoisotopic (exact) mass is 274 g/mol. The normalized spacial score (nSPS) is 21.7. The van der Waals surface area contributed by atoms with E-state index in [1.807, 2.05) is 12.1 Å². The van der Waals surface area contributed by atoms with E-state index < -0.39 is 0 Å². The molecular weight excluding hydrogens is 267 g/mol. The van der Waals surface area contributed by atoms with Crippen molar-refractivity contribution in [3.63, 3.8) is 0 Å². The van der Waals surface area contributed by atoms with Gasteiger partial charge in [-0.1, -0.05) is 15.9 Å². The number of anilines is 1. The van der Waals surface area contributed by atoms with E-state index in [-0.39, 0.29) is 11.3 Å². The van der Waals surface area contributed by atoms with Crippen LogP contribution in [0.2, 0.25) is 0 Å². The van der Waals surface area contributed by atoms with Crippen molar-refractivity contribution in [1.82, 2.24) is 4.98 Å². The van der Waals surface area contributed by atoms with Gasteiger partial charge in [-0.25, -0.2) is 4.98 Å². The molecule has 0 N–H and O–H groups in total. The standard InChI is InChI=1S/C9H8BrClN2O/c10-6-1-2-12-8(3-6)13-5-7(11)4-9(13)14/h1-3,7H,4-5H2. The van der Waals surface area contributed by atoms with Crippen LogP contribution in [-0.4, -0.2) is 22.8 Å². The number of alkyl halides is 1. The van der Waals surface area contributed by atoms with Crippen molar-refractivity contribution in [2.75, 3.05) is 11.4 Å². The molecule has 1 unspecified atom stereocenters. The highest BCUT2D eigenvalue weighted by atomic mass is 79.9. The lowest BCUT2D eigenvalue weighted by atomic mass is 10.4. The van der Waals surface area contributed by atoms with Gasteiger partial charge >= 0.3 is 0 Å². The summed E-state index contributed by atoms with van der Waals surface area (Å²) in [5, 5.41) is -0.0942. The molecule has 1 aliphatic heterocycles. The highest BCUT2D eigenvalue weighted by Gasteiger charge is 2.29. The van der Waals surface area contributed by atoms with Crippen LogP contribution in [-0.2, 0) is 4.79 Å². The van der Waals surface area contributed by atoms with E-state index in [0.29, 0.717) is 18.8 Å². The van der Waals surface area contributed by atoms with Gasteiger partial charge in [0.15, 0.2) is 0 Å². The summed E-state index contributed by atoms with van der Waals surface area (Å²) in [6, 6.07) is 3.63. The van der Waals surface area contributed by atoms with Crippen molar-refractivity contribution >= 4 is 39.3 Å². The van der Waals surface area contributed by atoms with Crippen LogP contribution < -0.4 is 4.90 Å². The second kappa shape index (κ2) is 3.87. The highest BCUT2D eigenvalue weighted by molar-refractivity contribution is 9.10. The van der Waals surface area contributed by atoms with Crippen LogP contribution in [0.3, 0.4) is 0 Å². The number of halogens is 2. The number of aromatic nitrogens is 1. The van der Waals surface area contributed by atoms with E-state index in [1.54, 1.807) is 11.1 Å². The number of hydrogen-bond donors (Lipinski definition) is 0. The van der Waals surface area contributed by atoms with Crippen LogP contribution in [0.25, 0.3) is 0 Å². The van der Waals surface area contributed by atoms with Gasteiger partial charge in [-0.2, -0.15) is 0 Å². The first-order valence-corrected chi connectivity index (χ1v) is 5.46. The quantitative estimate of drug-likeness (QED) is 0.736. The largest absolute Gasteiger partial charge is 0.295 e. The third-order valence-corrected chi connectivity index (χ3v) is 2.85. The Labute approximate surface area is 95.2 Å². The fourth-order valence-corrected chi connectivity index (χ4v) is 2.02. The topological polar surface area (TPSA) is 33.2 Å². The summed E-state index contributed by atoms with van der Waals surface area (Å²) < 4.78 is 0.910. The first kappa shape index (κ1) is 9.93. The molecule has 1 aromatic heterocycles. The molecule has 0 radical (unpaired) electrons. The maximum atomic E-state index is 11.5. The minimum absolute atomic E-state index is 0.0376. The molecule has 1 saturated heterocycles. The van der Waals surface area contributed by atoms with E-state index in [2.05, 4.69) is 20.9 Å². The average Bonchev–Trinajstić information content (AvgIpc) is 2.45. The Morgan fingerprint density at radius 3 is 3.00 bits per heavy atom. The van der Waals surface area contributed by atoms with Crippen LogP contribution in [0.1, 0.15) is 6.42 Å². The molecule has 0 aromatic carbocycles. The van der Waals surface area contributed by atoms with Crippen molar-refractivity contribution in [3.05, 3.63) is 22.8 Å². The van der Waals surface area contributed by atoms with Crippen molar-refractivity contribution in [2.24, 2.45) is 0 Å². The molecule has 1 aliphatic rings. The Morgan fingerprint density at radius 2 is 2.43 bits per heavy atom. The predicted molar refractivity (Wildman–Crippen MR) is 58.5 cm³/mol. The summed E-state index contributed by atoms with van der Waals surface area (Å²) >= 11 is 9.22. The average molecular weight is 276 g/mol. The fraction of sp³-hybridized carbons (Fsp3) is 0.333. The van der Waals surface area contributed by atoms with Crippen LogP contribution in [0.15, 0.2) is 22.8 Å². The van der Waals surface area contributed by atoms with E-state index >= 15 is 0 Å². The summed E-state index contributed by atoms with van der Waals surface area (Å²) in [6.07, 6.45) is 2.06. The van der Waals surface area contributed by atoms with Gasteiger partial charge in [-0.05, 0) is 12.1 Å². The van der Waals surface area contributed by atoms with Gasteiger partial charge in [0.05, 0.1) is 5.38 Å². The van der Waals surface area contributed by atoms with Gasteiger partial charge < -0.3 is 0 Å². The molecule has 5 heteroatoms. The molecule has 0 aliphatic carbocycles. The highest BCUT2D eigenvalue weighted by Crippen LogP contribution is 2.24. The number of amides is 1. The van der Waals surface area contributed by atoms with Crippen LogP contribution in [0.5, 0.6) is 0 Å². The van der Waals surface area contributed by atoms with E-state index in [4.69, 9.17) is 11.6 Å². The molecule has 2 heterocycles. The number of rotatable bonds is 1. The predicted octanol–water partition coefficient (Wildman–Crippen LogP) is 2.19. The summed E-state index contributed by atoms with van der Waals surface area (Å²) in [5.74, 6) is 0.697. The number of carbonyl (C=O) groups excluding carboxylic acids is 1. The van der Waals surface area contributed by atoms with Gasteiger partial charge in [0.1, 0.15) is 5.82 Å². The minimum atomic E-state index is -0.0942. The first-order valence-electron chi connectivity index (χ1n) is 4.23. The molecule has 0 spiro atoms. The third-order valence-electron chi connectivity index (χ3n) is 2.06. The van der Waals surface area contributed by atoms with Crippen molar-refractivity contribution in [3.8, 4) is 0 Å². The molecule has 1 fully saturated rings.